The lowest BCUT2D eigenvalue weighted by molar-refractivity contribution is -0.149. The molecule has 0 aliphatic heterocycles. The predicted octanol–water partition coefficient (Wildman–Crippen LogP) is 3.01. The number of hydrogen-bond acceptors (Lipinski definition) is 4. The molecule has 6 nitrogen and oxygen atoms in total. The highest BCUT2D eigenvalue weighted by Gasteiger charge is 2.22. The minimum atomic E-state index is -1.30. The molecule has 0 spiro atoms. The molecule has 0 unspecified atom stereocenters. The molecule has 28 heavy (non-hydrogen) atoms. The molecule has 0 aliphatic carbocycles. The monoisotopic (exact) mass is 388 g/mol. The van der Waals surface area contributed by atoms with Crippen molar-refractivity contribution in [3.63, 3.8) is 0 Å². The lowest BCUT2D eigenvalue weighted by Crippen LogP contribution is -2.34. The van der Waals surface area contributed by atoms with Crippen LogP contribution in [0.2, 0.25) is 0 Å². The van der Waals surface area contributed by atoms with E-state index in [9.17, 15) is 23.2 Å². The molecule has 0 saturated carbocycles. The normalized spacial score (nSPS) is 12.1. The number of esters is 1. The van der Waals surface area contributed by atoms with Gasteiger partial charge < -0.3 is 15.4 Å². The Morgan fingerprint density at radius 2 is 1.75 bits per heavy atom. The summed E-state index contributed by atoms with van der Waals surface area (Å²) in [5, 5.41) is 4.56. The smallest absolute Gasteiger partial charge is 0.355 e. The van der Waals surface area contributed by atoms with Gasteiger partial charge in [-0.15, -0.1) is 0 Å². The fourth-order valence-corrected chi connectivity index (χ4v) is 2.15. The summed E-state index contributed by atoms with van der Waals surface area (Å²) in [4.78, 5) is 35.8. The van der Waals surface area contributed by atoms with Gasteiger partial charge in [-0.2, -0.15) is 0 Å². The van der Waals surface area contributed by atoms with Gasteiger partial charge in [0.15, 0.2) is 6.10 Å². The zero-order chi connectivity index (χ0) is 20.7. The third-order valence-corrected chi connectivity index (χ3v) is 3.48. The second-order valence-electron chi connectivity index (χ2n) is 5.81. The Balaban J connectivity index is 2.09. The lowest BCUT2D eigenvalue weighted by Gasteiger charge is -2.15. The number of carbonyl (C=O) groups is 3. The highest BCUT2D eigenvalue weighted by atomic mass is 19.1. The van der Waals surface area contributed by atoms with Crippen molar-refractivity contribution in [2.24, 2.45) is 0 Å². The van der Waals surface area contributed by atoms with Crippen molar-refractivity contribution < 1.29 is 27.9 Å². The molecule has 2 aromatic rings. The van der Waals surface area contributed by atoms with Crippen LogP contribution in [0.4, 0.5) is 14.5 Å². The zero-order valence-electron chi connectivity index (χ0n) is 15.2. The number of hydrogen-bond donors (Lipinski definition) is 2. The summed E-state index contributed by atoms with van der Waals surface area (Å²) in [6.45, 7) is 2.50. The Labute approximate surface area is 160 Å². The zero-order valence-corrected chi connectivity index (χ0v) is 15.2. The van der Waals surface area contributed by atoms with Crippen molar-refractivity contribution in [2.75, 3.05) is 5.32 Å². The molecule has 2 rings (SSSR count). The first-order valence-corrected chi connectivity index (χ1v) is 8.27. The lowest BCUT2D eigenvalue weighted by atomic mass is 10.2. The third-order valence-electron chi connectivity index (χ3n) is 3.48. The minimum Gasteiger partial charge on any atom is -0.448 e. The van der Waals surface area contributed by atoms with E-state index in [1.54, 1.807) is 30.3 Å². The van der Waals surface area contributed by atoms with Crippen LogP contribution in [0.3, 0.4) is 0 Å². The molecule has 0 fully saturated rings. The molecule has 0 aliphatic rings. The summed E-state index contributed by atoms with van der Waals surface area (Å²) in [5.41, 5.74) is 0.219. The van der Waals surface area contributed by atoms with Gasteiger partial charge in [-0.25, -0.2) is 13.6 Å². The first kappa shape index (κ1) is 20.8. The van der Waals surface area contributed by atoms with Crippen LogP contribution >= 0.6 is 0 Å². The fourth-order valence-electron chi connectivity index (χ4n) is 2.15. The maximum Gasteiger partial charge on any atom is 0.355 e. The number of rotatable bonds is 6. The Morgan fingerprint density at radius 3 is 2.36 bits per heavy atom. The van der Waals surface area contributed by atoms with Crippen LogP contribution in [0.1, 0.15) is 19.4 Å². The van der Waals surface area contributed by atoms with Gasteiger partial charge in [0.1, 0.15) is 17.3 Å². The molecule has 146 valence electrons. The van der Waals surface area contributed by atoms with Gasteiger partial charge in [0.05, 0.1) is 5.69 Å². The van der Waals surface area contributed by atoms with E-state index in [0.29, 0.717) is 11.6 Å². The van der Waals surface area contributed by atoms with Crippen LogP contribution in [0.5, 0.6) is 0 Å². The molecule has 8 heteroatoms. The van der Waals surface area contributed by atoms with Gasteiger partial charge in [-0.1, -0.05) is 30.3 Å². The number of anilines is 1. The number of nitrogens with one attached hydrogen (secondary N) is 2. The predicted molar refractivity (Wildman–Crippen MR) is 98.8 cm³/mol. The average Bonchev–Trinajstić information content (AvgIpc) is 2.63. The molecule has 2 aromatic carbocycles. The summed E-state index contributed by atoms with van der Waals surface area (Å²) >= 11 is 0. The summed E-state index contributed by atoms with van der Waals surface area (Å²) in [5.74, 6) is -4.01. The van der Waals surface area contributed by atoms with E-state index in [1.807, 2.05) is 0 Å². The van der Waals surface area contributed by atoms with Crippen molar-refractivity contribution in [1.29, 1.82) is 0 Å². The maximum atomic E-state index is 13.6. The van der Waals surface area contributed by atoms with Gasteiger partial charge in [0, 0.05) is 13.0 Å². The molecule has 2 N–H and O–H groups in total. The van der Waals surface area contributed by atoms with Gasteiger partial charge in [-0.05, 0) is 30.7 Å². The van der Waals surface area contributed by atoms with E-state index in [0.717, 1.165) is 12.1 Å². The number of amides is 2. The largest absolute Gasteiger partial charge is 0.448 e. The van der Waals surface area contributed by atoms with Gasteiger partial charge in [0.2, 0.25) is 5.91 Å². The van der Waals surface area contributed by atoms with Crippen molar-refractivity contribution in [3.8, 4) is 0 Å². The first-order valence-electron chi connectivity index (χ1n) is 8.27. The molecule has 2 amide bonds. The van der Waals surface area contributed by atoms with Crippen LogP contribution in [0.25, 0.3) is 6.08 Å². The van der Waals surface area contributed by atoms with E-state index in [1.165, 1.54) is 19.9 Å². The SMILES string of the molecule is CC(=O)N/C(=C\c1ccccc1)C(=O)O[C@@H](C)C(=O)Nc1ccc(F)cc1F. The number of benzene rings is 2. The quantitative estimate of drug-likeness (QED) is 0.589. The summed E-state index contributed by atoms with van der Waals surface area (Å²) < 4.78 is 31.6. The number of carbonyl (C=O) groups excluding carboxylic acids is 3. The van der Waals surface area contributed by atoms with Crippen LogP contribution < -0.4 is 10.6 Å². The van der Waals surface area contributed by atoms with E-state index in [2.05, 4.69) is 10.6 Å². The second kappa shape index (κ2) is 9.40. The third kappa shape index (κ3) is 6.01. The average molecular weight is 388 g/mol. The standard InChI is InChI=1S/C20H18F2N2O4/c1-12(19(26)24-17-9-8-15(21)11-16(17)22)28-20(27)18(23-13(2)25)10-14-6-4-3-5-7-14/h3-12H,1-2H3,(H,23,25)(H,24,26)/b18-10-/t12-/m0/s1. The Kier molecular flexibility index (Phi) is 6.97. The highest BCUT2D eigenvalue weighted by Crippen LogP contribution is 2.16. The molecular formula is C20H18F2N2O4. The molecule has 0 aromatic heterocycles. The van der Waals surface area contributed by atoms with Gasteiger partial charge >= 0.3 is 5.97 Å². The van der Waals surface area contributed by atoms with Crippen LogP contribution in [-0.4, -0.2) is 23.9 Å². The first-order chi connectivity index (χ1) is 13.3. The highest BCUT2D eigenvalue weighted by molar-refractivity contribution is 6.00. The van der Waals surface area contributed by atoms with Gasteiger partial charge in [0.25, 0.3) is 5.91 Å². The summed E-state index contributed by atoms with van der Waals surface area (Å²) in [6.07, 6.45) is 0.0958. The maximum absolute atomic E-state index is 13.6. The molecular weight excluding hydrogens is 370 g/mol. The summed E-state index contributed by atoms with van der Waals surface area (Å²) in [6, 6.07) is 11.3. The van der Waals surface area contributed by atoms with Crippen molar-refractivity contribution >= 4 is 29.5 Å². The molecule has 0 heterocycles. The Hall–Kier alpha value is -3.55. The van der Waals surface area contributed by atoms with Crippen LogP contribution in [0, 0.1) is 11.6 Å². The van der Waals surface area contributed by atoms with Gasteiger partial charge in [-0.3, -0.25) is 9.59 Å². The molecule has 0 saturated heterocycles. The second-order valence-corrected chi connectivity index (χ2v) is 5.81. The van der Waals surface area contributed by atoms with E-state index in [-0.39, 0.29) is 11.4 Å². The van der Waals surface area contributed by atoms with Crippen molar-refractivity contribution in [3.05, 3.63) is 71.4 Å². The van der Waals surface area contributed by atoms with E-state index < -0.39 is 35.5 Å². The Bertz CT molecular complexity index is 914. The summed E-state index contributed by atoms with van der Waals surface area (Å²) in [7, 11) is 0. The van der Waals surface area contributed by atoms with Crippen LogP contribution in [-0.2, 0) is 19.1 Å². The topological polar surface area (TPSA) is 84.5 Å². The molecule has 1 atom stereocenters. The minimum absolute atomic E-state index is 0.161. The van der Waals surface area contributed by atoms with E-state index in [4.69, 9.17) is 4.74 Å². The van der Waals surface area contributed by atoms with Crippen LogP contribution in [0.15, 0.2) is 54.2 Å². The van der Waals surface area contributed by atoms with E-state index >= 15 is 0 Å². The number of halogens is 2. The Morgan fingerprint density at radius 1 is 1.07 bits per heavy atom. The molecule has 0 radical (unpaired) electrons. The van der Waals surface area contributed by atoms with Crippen molar-refractivity contribution in [1.82, 2.24) is 5.32 Å². The fraction of sp³-hybridized carbons (Fsp3) is 0.150. The number of ether oxygens (including phenoxy) is 1. The molecule has 0 bridgehead atoms. The van der Waals surface area contributed by atoms with Crippen molar-refractivity contribution in [2.45, 2.75) is 20.0 Å².